The average Bonchev–Trinajstić information content (AvgIpc) is 3.06. The van der Waals surface area contributed by atoms with Gasteiger partial charge in [0.25, 0.3) is 0 Å². The number of rotatable bonds is 4. The lowest BCUT2D eigenvalue weighted by atomic mass is 10.2. The molecule has 0 aliphatic carbocycles. The van der Waals surface area contributed by atoms with Gasteiger partial charge in [-0.3, -0.25) is 0 Å². The van der Waals surface area contributed by atoms with Gasteiger partial charge in [0.2, 0.25) is 0 Å². The van der Waals surface area contributed by atoms with Gasteiger partial charge in [-0.1, -0.05) is 13.0 Å². The third-order valence-corrected chi connectivity index (χ3v) is 4.27. The molecule has 5 heteroatoms. The molecular weight excluding hydrogens is 268 g/mol. The summed E-state index contributed by atoms with van der Waals surface area (Å²) in [7, 11) is 0. The van der Waals surface area contributed by atoms with Crippen LogP contribution in [0.5, 0.6) is 0 Å². The Bertz CT molecular complexity index is 715. The molecule has 1 unspecified atom stereocenters. The Morgan fingerprint density at radius 1 is 1.45 bits per heavy atom. The summed E-state index contributed by atoms with van der Waals surface area (Å²) in [5.74, 6) is 0.969. The second-order valence-corrected chi connectivity index (χ2v) is 5.99. The molecule has 3 rings (SSSR count). The van der Waals surface area contributed by atoms with Crippen molar-refractivity contribution in [2.75, 3.05) is 0 Å². The minimum absolute atomic E-state index is 0.120. The number of fused-ring (bicyclic) bond motifs is 1. The number of aryl methyl sites for hydroxylation is 1. The topological polar surface area (TPSA) is 56.7 Å². The van der Waals surface area contributed by atoms with E-state index in [0.717, 1.165) is 40.4 Å². The standard InChI is InChI=1S/C15H18N4S/c1-3-11(16)9-19-14-12(7-10(2)8-17-14)18-15(19)13-5-4-6-20-13/h4-8,11H,3,9,16H2,1-2H3. The molecule has 3 aromatic rings. The van der Waals surface area contributed by atoms with Gasteiger partial charge in [-0.15, -0.1) is 11.3 Å². The van der Waals surface area contributed by atoms with E-state index < -0.39 is 0 Å². The Balaban J connectivity index is 2.19. The van der Waals surface area contributed by atoms with Crippen LogP contribution in [0.15, 0.2) is 29.8 Å². The highest BCUT2D eigenvalue weighted by atomic mass is 32.1. The zero-order valence-electron chi connectivity index (χ0n) is 11.7. The summed E-state index contributed by atoms with van der Waals surface area (Å²) in [6.45, 7) is 4.89. The van der Waals surface area contributed by atoms with Crippen LogP contribution in [0.3, 0.4) is 0 Å². The number of aromatic nitrogens is 3. The Hall–Kier alpha value is -1.72. The van der Waals surface area contributed by atoms with Gasteiger partial charge in [-0.05, 0) is 36.4 Å². The highest BCUT2D eigenvalue weighted by Gasteiger charge is 2.16. The molecule has 0 aliphatic heterocycles. The lowest BCUT2D eigenvalue weighted by Gasteiger charge is -2.12. The third kappa shape index (κ3) is 2.34. The predicted molar refractivity (Wildman–Crippen MR) is 83.8 cm³/mol. The van der Waals surface area contributed by atoms with Gasteiger partial charge in [-0.2, -0.15) is 0 Å². The molecule has 0 spiro atoms. The summed E-state index contributed by atoms with van der Waals surface area (Å²) >= 11 is 1.69. The van der Waals surface area contributed by atoms with E-state index in [9.17, 15) is 0 Å². The number of hydrogen-bond acceptors (Lipinski definition) is 4. The van der Waals surface area contributed by atoms with Crippen molar-refractivity contribution in [3.05, 3.63) is 35.3 Å². The highest BCUT2D eigenvalue weighted by Crippen LogP contribution is 2.28. The van der Waals surface area contributed by atoms with E-state index >= 15 is 0 Å². The second kappa shape index (κ2) is 5.34. The molecule has 104 valence electrons. The molecule has 0 aromatic carbocycles. The fraction of sp³-hybridized carbons (Fsp3) is 0.333. The molecule has 1 atom stereocenters. The summed E-state index contributed by atoms with van der Waals surface area (Å²) in [6.07, 6.45) is 2.82. The number of thiophene rings is 1. The molecule has 2 N–H and O–H groups in total. The van der Waals surface area contributed by atoms with Crippen LogP contribution in [-0.4, -0.2) is 20.6 Å². The monoisotopic (exact) mass is 286 g/mol. The Labute approximate surface area is 122 Å². The van der Waals surface area contributed by atoms with Gasteiger partial charge in [-0.25, -0.2) is 9.97 Å². The smallest absolute Gasteiger partial charge is 0.160 e. The molecular formula is C15H18N4S. The van der Waals surface area contributed by atoms with Crippen LogP contribution in [0, 0.1) is 6.92 Å². The van der Waals surface area contributed by atoms with Gasteiger partial charge in [0.05, 0.1) is 4.88 Å². The first kappa shape index (κ1) is 13.3. The maximum absolute atomic E-state index is 6.13. The maximum atomic E-state index is 6.13. The molecule has 3 heterocycles. The number of nitrogens with zero attached hydrogens (tertiary/aromatic N) is 3. The molecule has 0 radical (unpaired) electrons. The summed E-state index contributed by atoms with van der Waals surface area (Å²) < 4.78 is 2.15. The largest absolute Gasteiger partial charge is 0.326 e. The van der Waals surface area contributed by atoms with E-state index in [4.69, 9.17) is 10.7 Å². The minimum Gasteiger partial charge on any atom is -0.326 e. The SMILES string of the molecule is CCC(N)Cn1c(-c2cccs2)nc2cc(C)cnc21. The van der Waals surface area contributed by atoms with E-state index in [2.05, 4.69) is 34.0 Å². The third-order valence-electron chi connectivity index (χ3n) is 3.40. The molecule has 0 bridgehead atoms. The van der Waals surface area contributed by atoms with E-state index in [1.54, 1.807) is 11.3 Å². The van der Waals surface area contributed by atoms with Gasteiger partial charge < -0.3 is 10.3 Å². The Kier molecular flexibility index (Phi) is 3.54. The van der Waals surface area contributed by atoms with Crippen molar-refractivity contribution in [2.24, 2.45) is 5.73 Å². The fourth-order valence-electron chi connectivity index (χ4n) is 2.24. The summed E-state index contributed by atoms with van der Waals surface area (Å²) in [5.41, 5.74) is 9.12. The van der Waals surface area contributed by atoms with E-state index in [0.29, 0.717) is 0 Å². The molecule has 3 aromatic heterocycles. The van der Waals surface area contributed by atoms with Crippen LogP contribution in [0.25, 0.3) is 21.9 Å². The maximum Gasteiger partial charge on any atom is 0.160 e. The van der Waals surface area contributed by atoms with Crippen LogP contribution in [-0.2, 0) is 6.54 Å². The second-order valence-electron chi connectivity index (χ2n) is 5.05. The number of imidazole rings is 1. The molecule has 0 amide bonds. The van der Waals surface area contributed by atoms with Crippen molar-refractivity contribution >= 4 is 22.5 Å². The van der Waals surface area contributed by atoms with Crippen molar-refractivity contribution in [1.82, 2.24) is 14.5 Å². The van der Waals surface area contributed by atoms with Crippen molar-refractivity contribution < 1.29 is 0 Å². The van der Waals surface area contributed by atoms with Gasteiger partial charge in [0, 0.05) is 18.8 Å². The lowest BCUT2D eigenvalue weighted by molar-refractivity contribution is 0.549. The van der Waals surface area contributed by atoms with E-state index in [1.165, 1.54) is 0 Å². The first-order chi connectivity index (χ1) is 9.69. The molecule has 0 saturated carbocycles. The quantitative estimate of drug-likeness (QED) is 0.801. The first-order valence-electron chi connectivity index (χ1n) is 6.81. The van der Waals surface area contributed by atoms with Crippen LogP contribution in [0.1, 0.15) is 18.9 Å². The zero-order chi connectivity index (χ0) is 14.1. The zero-order valence-corrected chi connectivity index (χ0v) is 12.5. The highest BCUT2D eigenvalue weighted by molar-refractivity contribution is 7.13. The van der Waals surface area contributed by atoms with Gasteiger partial charge in [0.1, 0.15) is 5.52 Å². The average molecular weight is 286 g/mol. The van der Waals surface area contributed by atoms with Crippen LogP contribution in [0.4, 0.5) is 0 Å². The summed E-state index contributed by atoms with van der Waals surface area (Å²) in [4.78, 5) is 10.5. The van der Waals surface area contributed by atoms with E-state index in [-0.39, 0.29) is 6.04 Å². The van der Waals surface area contributed by atoms with Crippen LogP contribution < -0.4 is 5.73 Å². The number of pyridine rings is 1. The predicted octanol–water partition coefficient (Wildman–Crippen LogP) is 3.21. The molecule has 0 saturated heterocycles. The van der Waals surface area contributed by atoms with Crippen molar-refractivity contribution in [3.8, 4) is 10.7 Å². The Morgan fingerprint density at radius 2 is 2.30 bits per heavy atom. The minimum atomic E-state index is 0.120. The summed E-state index contributed by atoms with van der Waals surface area (Å²) in [6, 6.07) is 6.33. The van der Waals surface area contributed by atoms with Crippen LogP contribution in [0.2, 0.25) is 0 Å². The molecule has 20 heavy (non-hydrogen) atoms. The molecule has 0 aliphatic rings. The van der Waals surface area contributed by atoms with Crippen molar-refractivity contribution in [1.29, 1.82) is 0 Å². The van der Waals surface area contributed by atoms with E-state index in [1.807, 2.05) is 19.2 Å². The van der Waals surface area contributed by atoms with Gasteiger partial charge in [0.15, 0.2) is 11.5 Å². The van der Waals surface area contributed by atoms with Gasteiger partial charge >= 0.3 is 0 Å². The fourth-order valence-corrected chi connectivity index (χ4v) is 2.96. The lowest BCUT2D eigenvalue weighted by Crippen LogP contribution is -2.25. The number of nitrogens with two attached hydrogens (primary N) is 1. The van der Waals surface area contributed by atoms with Crippen molar-refractivity contribution in [3.63, 3.8) is 0 Å². The normalized spacial score (nSPS) is 12.9. The molecule has 0 fully saturated rings. The van der Waals surface area contributed by atoms with Crippen LogP contribution >= 0.6 is 11.3 Å². The Morgan fingerprint density at radius 3 is 3.00 bits per heavy atom. The number of hydrogen-bond donors (Lipinski definition) is 1. The summed E-state index contributed by atoms with van der Waals surface area (Å²) in [5, 5.41) is 2.07. The molecule has 4 nitrogen and oxygen atoms in total. The first-order valence-corrected chi connectivity index (χ1v) is 7.69. The van der Waals surface area contributed by atoms with Crippen molar-refractivity contribution in [2.45, 2.75) is 32.9 Å².